The van der Waals surface area contributed by atoms with Crippen molar-refractivity contribution in [2.24, 2.45) is 0 Å². The quantitative estimate of drug-likeness (QED) is 0.678. The first-order chi connectivity index (χ1) is 12.0. The van der Waals surface area contributed by atoms with Gasteiger partial charge in [-0.15, -0.1) is 5.10 Å². The van der Waals surface area contributed by atoms with Gasteiger partial charge in [-0.3, -0.25) is 9.89 Å². The summed E-state index contributed by atoms with van der Waals surface area (Å²) in [6.07, 6.45) is 0. The van der Waals surface area contributed by atoms with Gasteiger partial charge in [0.1, 0.15) is 0 Å². The van der Waals surface area contributed by atoms with Crippen molar-refractivity contribution >= 4 is 23.4 Å². The zero-order chi connectivity index (χ0) is 17.8. The monoisotopic (exact) mass is 352 g/mol. The van der Waals surface area contributed by atoms with Crippen LogP contribution in [-0.4, -0.2) is 26.8 Å². The van der Waals surface area contributed by atoms with Gasteiger partial charge in [-0.2, -0.15) is 0 Å². The largest absolute Gasteiger partial charge is 0.325 e. The highest BCUT2D eigenvalue weighted by Gasteiger charge is 2.11. The Balaban J connectivity index is 1.61. The molecule has 0 unspecified atom stereocenters. The number of para-hydroxylation sites is 1. The van der Waals surface area contributed by atoms with Gasteiger partial charge in [0.15, 0.2) is 5.82 Å². The van der Waals surface area contributed by atoms with E-state index in [-0.39, 0.29) is 11.7 Å². The Bertz CT molecular complexity index is 884. The molecule has 0 saturated heterocycles. The van der Waals surface area contributed by atoms with E-state index in [9.17, 15) is 4.79 Å². The van der Waals surface area contributed by atoms with Gasteiger partial charge < -0.3 is 5.32 Å². The predicted octanol–water partition coefficient (Wildman–Crippen LogP) is 4.13. The molecule has 3 aromatic rings. The predicted molar refractivity (Wildman–Crippen MR) is 102 cm³/mol. The van der Waals surface area contributed by atoms with Crippen molar-refractivity contribution in [3.8, 4) is 11.4 Å². The van der Waals surface area contributed by atoms with E-state index >= 15 is 0 Å². The van der Waals surface area contributed by atoms with Crippen LogP contribution < -0.4 is 5.32 Å². The number of hydrogen-bond donors (Lipinski definition) is 2. The molecular formula is C19H20N4OS. The molecule has 1 heterocycles. The fourth-order valence-corrected chi connectivity index (χ4v) is 3.15. The molecule has 0 aliphatic heterocycles. The fourth-order valence-electron chi connectivity index (χ4n) is 2.55. The summed E-state index contributed by atoms with van der Waals surface area (Å²) in [5, 5.41) is 10.6. The molecule has 128 valence electrons. The van der Waals surface area contributed by atoms with Crippen molar-refractivity contribution in [2.45, 2.75) is 25.9 Å². The van der Waals surface area contributed by atoms with Crippen molar-refractivity contribution in [3.63, 3.8) is 0 Å². The normalized spacial score (nSPS) is 10.7. The Kier molecular flexibility index (Phi) is 5.19. The Morgan fingerprint density at radius 2 is 1.84 bits per heavy atom. The van der Waals surface area contributed by atoms with E-state index in [4.69, 9.17) is 0 Å². The van der Waals surface area contributed by atoms with E-state index in [2.05, 4.69) is 20.5 Å². The van der Waals surface area contributed by atoms with Crippen molar-refractivity contribution in [1.82, 2.24) is 15.2 Å². The first-order valence-corrected chi connectivity index (χ1v) is 9.00. The number of thioether (sulfide) groups is 1. The number of rotatable bonds is 5. The number of aromatic nitrogens is 3. The van der Waals surface area contributed by atoms with Crippen molar-refractivity contribution in [3.05, 3.63) is 59.2 Å². The van der Waals surface area contributed by atoms with E-state index in [1.54, 1.807) is 0 Å². The number of H-pyrrole nitrogens is 1. The van der Waals surface area contributed by atoms with E-state index < -0.39 is 0 Å². The summed E-state index contributed by atoms with van der Waals surface area (Å²) in [5.41, 5.74) is 5.13. The molecule has 0 bridgehead atoms. The van der Waals surface area contributed by atoms with Gasteiger partial charge in [0.25, 0.3) is 0 Å². The lowest BCUT2D eigenvalue weighted by atomic mass is 10.1. The first-order valence-electron chi connectivity index (χ1n) is 8.01. The third-order valence-electron chi connectivity index (χ3n) is 3.83. The van der Waals surface area contributed by atoms with Crippen molar-refractivity contribution in [1.29, 1.82) is 0 Å². The lowest BCUT2D eigenvalue weighted by Crippen LogP contribution is -2.15. The average molecular weight is 352 g/mol. The maximum atomic E-state index is 12.2. The molecule has 2 N–H and O–H groups in total. The Morgan fingerprint density at radius 1 is 1.12 bits per heavy atom. The van der Waals surface area contributed by atoms with Crippen molar-refractivity contribution < 1.29 is 4.79 Å². The number of nitrogens with zero attached hydrogens (tertiary/aromatic N) is 2. The number of anilines is 1. The molecule has 0 aliphatic carbocycles. The number of carbonyl (C=O) groups is 1. The molecular weight excluding hydrogens is 332 g/mol. The SMILES string of the molecule is Cc1cccc(-c2nc(SCC(=O)Nc3c(C)cccc3C)n[nH]2)c1. The van der Waals surface area contributed by atoms with Gasteiger partial charge in [0.05, 0.1) is 5.75 Å². The molecule has 3 rings (SSSR count). The first kappa shape index (κ1) is 17.2. The summed E-state index contributed by atoms with van der Waals surface area (Å²) >= 11 is 1.31. The Hall–Kier alpha value is -2.60. The topological polar surface area (TPSA) is 70.7 Å². The number of benzene rings is 2. The zero-order valence-corrected chi connectivity index (χ0v) is 15.3. The van der Waals surface area contributed by atoms with Crippen LogP contribution in [0.5, 0.6) is 0 Å². The van der Waals surface area contributed by atoms with Crippen LogP contribution in [0.3, 0.4) is 0 Å². The van der Waals surface area contributed by atoms with Gasteiger partial charge in [-0.25, -0.2) is 4.98 Å². The van der Waals surface area contributed by atoms with Gasteiger partial charge >= 0.3 is 0 Å². The van der Waals surface area contributed by atoms with Crippen LogP contribution in [0.4, 0.5) is 5.69 Å². The number of hydrogen-bond acceptors (Lipinski definition) is 4. The minimum absolute atomic E-state index is 0.0655. The van der Waals surface area contributed by atoms with E-state index in [0.29, 0.717) is 11.0 Å². The second kappa shape index (κ2) is 7.53. The molecule has 0 saturated carbocycles. The minimum Gasteiger partial charge on any atom is -0.325 e. The van der Waals surface area contributed by atoms with Gasteiger partial charge in [0.2, 0.25) is 11.1 Å². The van der Waals surface area contributed by atoms with Crippen LogP contribution in [-0.2, 0) is 4.79 Å². The molecule has 0 spiro atoms. The van der Waals surface area contributed by atoms with Gasteiger partial charge in [0, 0.05) is 11.3 Å². The van der Waals surface area contributed by atoms with Crippen LogP contribution in [0.1, 0.15) is 16.7 Å². The van der Waals surface area contributed by atoms with Crippen LogP contribution in [0.25, 0.3) is 11.4 Å². The smallest absolute Gasteiger partial charge is 0.234 e. The molecule has 0 atom stereocenters. The number of carbonyl (C=O) groups excluding carboxylic acids is 1. The molecule has 0 fully saturated rings. The standard InChI is InChI=1S/C19H20N4OS/c1-12-6-4-9-15(10-12)18-21-19(23-22-18)25-11-16(24)20-17-13(2)7-5-8-14(17)3/h4-10H,11H2,1-3H3,(H,20,24)(H,21,22,23). The second-order valence-corrected chi connectivity index (χ2v) is 6.88. The fraction of sp³-hybridized carbons (Fsp3) is 0.211. The highest BCUT2D eigenvalue weighted by atomic mass is 32.2. The van der Waals surface area contributed by atoms with Crippen LogP contribution >= 0.6 is 11.8 Å². The lowest BCUT2D eigenvalue weighted by Gasteiger charge is -2.10. The third-order valence-corrected chi connectivity index (χ3v) is 4.68. The third kappa shape index (κ3) is 4.28. The Morgan fingerprint density at radius 3 is 2.56 bits per heavy atom. The molecule has 1 amide bonds. The number of amides is 1. The molecule has 6 heteroatoms. The van der Waals surface area contributed by atoms with Crippen LogP contribution in [0, 0.1) is 20.8 Å². The maximum absolute atomic E-state index is 12.2. The number of aromatic amines is 1. The maximum Gasteiger partial charge on any atom is 0.234 e. The Labute approximate surface area is 151 Å². The lowest BCUT2D eigenvalue weighted by molar-refractivity contribution is -0.113. The molecule has 0 aliphatic rings. The molecule has 5 nitrogen and oxygen atoms in total. The van der Waals surface area contributed by atoms with Crippen molar-refractivity contribution in [2.75, 3.05) is 11.1 Å². The van der Waals surface area contributed by atoms with E-state index in [1.165, 1.54) is 11.8 Å². The highest BCUT2D eigenvalue weighted by Crippen LogP contribution is 2.22. The second-order valence-electron chi connectivity index (χ2n) is 5.94. The van der Waals surface area contributed by atoms with E-state index in [0.717, 1.165) is 27.9 Å². The molecule has 2 aromatic carbocycles. The number of aryl methyl sites for hydroxylation is 3. The van der Waals surface area contributed by atoms with Gasteiger partial charge in [-0.05, 0) is 38.0 Å². The summed E-state index contributed by atoms with van der Waals surface area (Å²) in [5.74, 6) is 0.907. The summed E-state index contributed by atoms with van der Waals surface area (Å²) < 4.78 is 0. The zero-order valence-electron chi connectivity index (χ0n) is 14.5. The summed E-state index contributed by atoms with van der Waals surface area (Å²) in [4.78, 5) is 16.7. The summed E-state index contributed by atoms with van der Waals surface area (Å²) in [6.45, 7) is 6.01. The molecule has 1 aromatic heterocycles. The van der Waals surface area contributed by atoms with Gasteiger partial charge in [-0.1, -0.05) is 53.7 Å². The summed E-state index contributed by atoms with van der Waals surface area (Å²) in [7, 11) is 0. The summed E-state index contributed by atoms with van der Waals surface area (Å²) in [6, 6.07) is 14.0. The van der Waals surface area contributed by atoms with E-state index in [1.807, 2.05) is 63.2 Å². The average Bonchev–Trinajstić information content (AvgIpc) is 3.06. The van der Waals surface area contributed by atoms with Crippen LogP contribution in [0.15, 0.2) is 47.6 Å². The number of nitrogens with one attached hydrogen (secondary N) is 2. The minimum atomic E-state index is -0.0655. The molecule has 0 radical (unpaired) electrons. The van der Waals surface area contributed by atoms with Crippen LogP contribution in [0.2, 0.25) is 0 Å². The highest BCUT2D eigenvalue weighted by molar-refractivity contribution is 7.99. The molecule has 25 heavy (non-hydrogen) atoms.